The summed E-state index contributed by atoms with van der Waals surface area (Å²) < 4.78 is 18.5. The van der Waals surface area contributed by atoms with Gasteiger partial charge in [-0.3, -0.25) is 4.79 Å². The Labute approximate surface area is 95.4 Å². The second-order valence-electron chi connectivity index (χ2n) is 3.79. The Bertz CT molecular complexity index is 361. The molecule has 0 N–H and O–H groups in total. The van der Waals surface area contributed by atoms with Gasteiger partial charge in [0.05, 0.1) is 6.61 Å². The first-order valence-corrected chi connectivity index (χ1v) is 5.58. The fourth-order valence-corrected chi connectivity index (χ4v) is 1.39. The average molecular weight is 224 g/mol. The van der Waals surface area contributed by atoms with Crippen LogP contribution >= 0.6 is 0 Å². The van der Waals surface area contributed by atoms with Crippen molar-refractivity contribution in [2.45, 2.75) is 33.1 Å². The minimum Gasteiger partial charge on any atom is -0.493 e. The smallest absolute Gasteiger partial charge is 0.160 e. The first kappa shape index (κ1) is 12.7. The number of carbonyl (C=O) groups is 1. The van der Waals surface area contributed by atoms with Crippen LogP contribution in [0, 0.1) is 5.82 Å². The summed E-state index contributed by atoms with van der Waals surface area (Å²) in [6.07, 6.45) is 3.16. The van der Waals surface area contributed by atoms with Gasteiger partial charge in [0.15, 0.2) is 5.78 Å². The van der Waals surface area contributed by atoms with E-state index >= 15 is 0 Å². The Morgan fingerprint density at radius 1 is 1.31 bits per heavy atom. The maximum absolute atomic E-state index is 13.1. The third-order valence-electron chi connectivity index (χ3n) is 2.29. The average Bonchev–Trinajstić information content (AvgIpc) is 2.23. The van der Waals surface area contributed by atoms with Crippen molar-refractivity contribution in [2.75, 3.05) is 6.61 Å². The molecule has 1 rings (SSSR count). The first-order valence-electron chi connectivity index (χ1n) is 5.58. The van der Waals surface area contributed by atoms with E-state index in [-0.39, 0.29) is 5.78 Å². The maximum atomic E-state index is 13.1. The van der Waals surface area contributed by atoms with Crippen molar-refractivity contribution in [3.05, 3.63) is 29.6 Å². The van der Waals surface area contributed by atoms with Gasteiger partial charge in [-0.25, -0.2) is 4.39 Å². The molecule has 0 amide bonds. The Hall–Kier alpha value is -1.38. The lowest BCUT2D eigenvalue weighted by molar-refractivity contribution is 0.101. The third-order valence-corrected chi connectivity index (χ3v) is 2.29. The second-order valence-corrected chi connectivity index (χ2v) is 3.79. The van der Waals surface area contributed by atoms with E-state index in [4.69, 9.17) is 4.74 Å². The van der Waals surface area contributed by atoms with E-state index in [0.29, 0.717) is 17.9 Å². The number of ether oxygens (including phenoxy) is 1. The van der Waals surface area contributed by atoms with Crippen molar-refractivity contribution < 1.29 is 13.9 Å². The molecule has 16 heavy (non-hydrogen) atoms. The Morgan fingerprint density at radius 3 is 2.69 bits per heavy atom. The zero-order chi connectivity index (χ0) is 12.0. The Morgan fingerprint density at radius 2 is 2.06 bits per heavy atom. The number of rotatable bonds is 6. The molecule has 0 heterocycles. The molecule has 0 unspecified atom stereocenters. The highest BCUT2D eigenvalue weighted by Crippen LogP contribution is 2.17. The number of halogens is 1. The van der Waals surface area contributed by atoms with Crippen molar-refractivity contribution in [1.82, 2.24) is 0 Å². The van der Waals surface area contributed by atoms with Gasteiger partial charge in [-0.2, -0.15) is 0 Å². The lowest BCUT2D eigenvalue weighted by Gasteiger charge is -2.07. The molecule has 0 bridgehead atoms. The molecule has 0 saturated carbocycles. The Kier molecular flexibility index (Phi) is 4.96. The molecule has 0 saturated heterocycles. The molecule has 0 atom stereocenters. The van der Waals surface area contributed by atoms with Gasteiger partial charge in [-0.15, -0.1) is 0 Å². The Balaban J connectivity index is 2.62. The van der Waals surface area contributed by atoms with E-state index in [2.05, 4.69) is 6.92 Å². The quantitative estimate of drug-likeness (QED) is 0.545. The van der Waals surface area contributed by atoms with Crippen LogP contribution in [0.5, 0.6) is 5.75 Å². The predicted octanol–water partition coefficient (Wildman–Crippen LogP) is 3.60. The first-order chi connectivity index (χ1) is 7.63. The van der Waals surface area contributed by atoms with Crippen LogP contribution in [0.15, 0.2) is 18.2 Å². The minimum absolute atomic E-state index is 0.155. The summed E-state index contributed by atoms with van der Waals surface area (Å²) in [4.78, 5) is 11.1. The van der Waals surface area contributed by atoms with Crippen molar-refractivity contribution in [3.8, 4) is 5.75 Å². The van der Waals surface area contributed by atoms with Crippen LogP contribution in [0.25, 0.3) is 0 Å². The summed E-state index contributed by atoms with van der Waals surface area (Å²) in [6.45, 7) is 4.08. The molecule has 3 heteroatoms. The number of hydrogen-bond donors (Lipinski definition) is 0. The lowest BCUT2D eigenvalue weighted by Crippen LogP contribution is -2.00. The van der Waals surface area contributed by atoms with Crippen LogP contribution < -0.4 is 4.74 Å². The number of hydrogen-bond acceptors (Lipinski definition) is 2. The largest absolute Gasteiger partial charge is 0.493 e. The fraction of sp³-hybridized carbons (Fsp3) is 0.462. The van der Waals surface area contributed by atoms with Crippen LogP contribution in [-0.4, -0.2) is 12.4 Å². The van der Waals surface area contributed by atoms with Crippen molar-refractivity contribution >= 4 is 5.78 Å². The SMILES string of the molecule is CCCCCOc1cc(F)cc(C(C)=O)c1. The minimum atomic E-state index is -0.432. The third kappa shape index (κ3) is 4.01. The number of Topliss-reactive ketones (excluding diaryl/α,β-unsaturated/α-hetero) is 1. The molecule has 1 aromatic carbocycles. The highest BCUT2D eigenvalue weighted by Gasteiger charge is 2.05. The summed E-state index contributed by atoms with van der Waals surface area (Å²) in [5.74, 6) is -0.155. The summed E-state index contributed by atoms with van der Waals surface area (Å²) in [6, 6.07) is 4.11. The standard InChI is InChI=1S/C13H17FO2/c1-3-4-5-6-16-13-8-11(10(2)15)7-12(14)9-13/h7-9H,3-6H2,1-2H3. The zero-order valence-electron chi connectivity index (χ0n) is 9.75. The molecular formula is C13H17FO2. The number of ketones is 1. The van der Waals surface area contributed by atoms with Crippen molar-refractivity contribution in [2.24, 2.45) is 0 Å². The molecule has 0 aliphatic rings. The van der Waals surface area contributed by atoms with E-state index in [1.807, 2.05) is 0 Å². The normalized spacial score (nSPS) is 10.2. The zero-order valence-corrected chi connectivity index (χ0v) is 9.75. The van der Waals surface area contributed by atoms with Crippen LogP contribution in [0.4, 0.5) is 4.39 Å². The highest BCUT2D eigenvalue weighted by molar-refractivity contribution is 5.94. The number of unbranched alkanes of at least 4 members (excludes halogenated alkanes) is 2. The van der Waals surface area contributed by atoms with Gasteiger partial charge in [0.2, 0.25) is 0 Å². The molecular weight excluding hydrogens is 207 g/mol. The monoisotopic (exact) mass is 224 g/mol. The van der Waals surface area contributed by atoms with Gasteiger partial charge in [0.25, 0.3) is 0 Å². The van der Waals surface area contributed by atoms with Crippen molar-refractivity contribution in [3.63, 3.8) is 0 Å². The van der Waals surface area contributed by atoms with Gasteiger partial charge in [-0.1, -0.05) is 19.8 Å². The number of benzene rings is 1. The van der Waals surface area contributed by atoms with E-state index in [9.17, 15) is 9.18 Å². The molecule has 0 radical (unpaired) electrons. The molecule has 0 aliphatic heterocycles. The predicted molar refractivity (Wildman–Crippen MR) is 61.4 cm³/mol. The molecule has 0 aromatic heterocycles. The fourth-order valence-electron chi connectivity index (χ4n) is 1.39. The van der Waals surface area contributed by atoms with E-state index in [0.717, 1.165) is 19.3 Å². The summed E-state index contributed by atoms with van der Waals surface area (Å²) in [7, 11) is 0. The van der Waals surface area contributed by atoms with E-state index in [1.165, 1.54) is 19.1 Å². The van der Waals surface area contributed by atoms with Gasteiger partial charge in [-0.05, 0) is 25.5 Å². The molecule has 0 fully saturated rings. The number of carbonyl (C=O) groups excluding carboxylic acids is 1. The second kappa shape index (κ2) is 6.26. The van der Waals surface area contributed by atoms with Gasteiger partial charge < -0.3 is 4.74 Å². The molecule has 0 aliphatic carbocycles. The molecule has 0 spiro atoms. The van der Waals surface area contributed by atoms with Gasteiger partial charge in [0, 0.05) is 11.6 Å². The van der Waals surface area contributed by atoms with Crippen LogP contribution in [0.2, 0.25) is 0 Å². The van der Waals surface area contributed by atoms with Crippen molar-refractivity contribution in [1.29, 1.82) is 0 Å². The highest BCUT2D eigenvalue weighted by atomic mass is 19.1. The van der Waals surface area contributed by atoms with E-state index < -0.39 is 5.82 Å². The lowest BCUT2D eigenvalue weighted by atomic mass is 10.1. The topological polar surface area (TPSA) is 26.3 Å². The van der Waals surface area contributed by atoms with Gasteiger partial charge >= 0.3 is 0 Å². The maximum Gasteiger partial charge on any atom is 0.160 e. The van der Waals surface area contributed by atoms with Crippen LogP contribution in [-0.2, 0) is 0 Å². The summed E-state index contributed by atoms with van der Waals surface area (Å²) >= 11 is 0. The molecule has 1 aromatic rings. The molecule has 2 nitrogen and oxygen atoms in total. The summed E-state index contributed by atoms with van der Waals surface area (Å²) in [5, 5.41) is 0. The van der Waals surface area contributed by atoms with Gasteiger partial charge in [0.1, 0.15) is 11.6 Å². The molecule has 88 valence electrons. The summed E-state index contributed by atoms with van der Waals surface area (Å²) in [5.41, 5.74) is 0.352. The van der Waals surface area contributed by atoms with Crippen LogP contribution in [0.1, 0.15) is 43.5 Å². The van der Waals surface area contributed by atoms with Crippen LogP contribution in [0.3, 0.4) is 0 Å². The van der Waals surface area contributed by atoms with E-state index in [1.54, 1.807) is 6.07 Å².